The maximum Gasteiger partial charge on any atom is 0.416 e. The molecule has 3 atom stereocenters. The molecule has 25 heavy (non-hydrogen) atoms. The van der Waals surface area contributed by atoms with Crippen LogP contribution < -0.4 is 5.32 Å². The first-order chi connectivity index (χ1) is 11.6. The van der Waals surface area contributed by atoms with E-state index in [1.54, 1.807) is 0 Å². The number of rotatable bonds is 6. The predicted octanol–water partition coefficient (Wildman–Crippen LogP) is 1.95. The van der Waals surface area contributed by atoms with Crippen LogP contribution in [0.15, 0.2) is 24.3 Å². The molecular weight excluding hydrogens is 341 g/mol. The number of carbonyl (C=O) groups is 2. The standard InChI is InChI=1S/C16H17F3N2O4/c1-9(8-20)7-12(15(24)25-2)21-14(23)13(22)10-3-5-11(6-4-10)16(17,18)19/h3-6,9,12-13,22H,7H2,1-2H3,(H,21,23)/t9-,12+,13+/m1/s1. The SMILES string of the molecule is COC(=O)[C@H](C[C@@H](C)C#N)NC(=O)[C@@H](O)c1ccc(C(F)(F)F)cc1. The van der Waals surface area contributed by atoms with Crippen molar-refractivity contribution >= 4 is 11.9 Å². The van der Waals surface area contributed by atoms with Gasteiger partial charge in [-0.25, -0.2) is 4.79 Å². The molecule has 0 spiro atoms. The molecule has 2 N–H and O–H groups in total. The molecule has 9 heteroatoms. The summed E-state index contributed by atoms with van der Waals surface area (Å²) in [6, 6.07) is 4.16. The summed E-state index contributed by atoms with van der Waals surface area (Å²) in [6.07, 6.45) is -6.34. The number of ether oxygens (including phenoxy) is 1. The summed E-state index contributed by atoms with van der Waals surface area (Å²) >= 11 is 0. The maximum absolute atomic E-state index is 12.5. The van der Waals surface area contributed by atoms with Crippen molar-refractivity contribution in [1.29, 1.82) is 5.26 Å². The number of amides is 1. The average Bonchev–Trinajstić information content (AvgIpc) is 2.58. The third-order valence-corrected chi connectivity index (χ3v) is 3.41. The molecule has 136 valence electrons. The average molecular weight is 358 g/mol. The normalized spacial score (nSPS) is 14.8. The Hall–Kier alpha value is -2.60. The largest absolute Gasteiger partial charge is 0.467 e. The van der Waals surface area contributed by atoms with E-state index in [0.29, 0.717) is 0 Å². The Morgan fingerprint density at radius 2 is 1.88 bits per heavy atom. The highest BCUT2D eigenvalue weighted by Gasteiger charge is 2.31. The van der Waals surface area contributed by atoms with Gasteiger partial charge in [-0.15, -0.1) is 0 Å². The van der Waals surface area contributed by atoms with Crippen molar-refractivity contribution < 1.29 is 32.6 Å². The van der Waals surface area contributed by atoms with Gasteiger partial charge in [0, 0.05) is 5.92 Å². The lowest BCUT2D eigenvalue weighted by molar-refractivity contribution is -0.146. The molecule has 0 radical (unpaired) electrons. The monoisotopic (exact) mass is 358 g/mol. The molecule has 0 aliphatic heterocycles. The van der Waals surface area contributed by atoms with Gasteiger partial charge >= 0.3 is 12.1 Å². The number of methoxy groups -OCH3 is 1. The van der Waals surface area contributed by atoms with E-state index in [2.05, 4.69) is 10.1 Å². The van der Waals surface area contributed by atoms with Crippen molar-refractivity contribution in [3.05, 3.63) is 35.4 Å². The van der Waals surface area contributed by atoms with Crippen LogP contribution >= 0.6 is 0 Å². The quantitative estimate of drug-likeness (QED) is 0.757. The van der Waals surface area contributed by atoms with Gasteiger partial charge in [0.2, 0.25) is 0 Å². The van der Waals surface area contributed by atoms with E-state index < -0.39 is 41.7 Å². The second-order valence-electron chi connectivity index (χ2n) is 5.37. The van der Waals surface area contributed by atoms with Gasteiger partial charge in [-0.1, -0.05) is 12.1 Å². The Morgan fingerprint density at radius 1 is 1.32 bits per heavy atom. The van der Waals surface area contributed by atoms with E-state index in [1.807, 2.05) is 6.07 Å². The highest BCUT2D eigenvalue weighted by molar-refractivity contribution is 5.87. The topological polar surface area (TPSA) is 99.4 Å². The number of benzene rings is 1. The highest BCUT2D eigenvalue weighted by Crippen LogP contribution is 2.30. The van der Waals surface area contributed by atoms with Crippen molar-refractivity contribution in [3.63, 3.8) is 0 Å². The minimum absolute atomic E-state index is 0.0331. The minimum Gasteiger partial charge on any atom is -0.467 e. The number of nitrogens with one attached hydrogen (secondary N) is 1. The lowest BCUT2D eigenvalue weighted by Gasteiger charge is -2.20. The molecule has 1 rings (SSSR count). The van der Waals surface area contributed by atoms with Crippen molar-refractivity contribution in [2.24, 2.45) is 5.92 Å². The third-order valence-electron chi connectivity index (χ3n) is 3.41. The highest BCUT2D eigenvalue weighted by atomic mass is 19.4. The fraction of sp³-hybridized carbons (Fsp3) is 0.438. The smallest absolute Gasteiger partial charge is 0.416 e. The van der Waals surface area contributed by atoms with Crippen molar-refractivity contribution in [3.8, 4) is 6.07 Å². The number of aliphatic hydroxyl groups excluding tert-OH is 1. The third kappa shape index (κ3) is 5.76. The molecule has 0 aliphatic carbocycles. The number of nitriles is 1. The second kappa shape index (κ2) is 8.48. The molecule has 0 heterocycles. The van der Waals surface area contributed by atoms with E-state index in [9.17, 15) is 27.9 Å². The summed E-state index contributed by atoms with van der Waals surface area (Å²) < 4.78 is 42.1. The second-order valence-corrected chi connectivity index (χ2v) is 5.37. The van der Waals surface area contributed by atoms with Crippen LogP contribution in [-0.2, 0) is 20.5 Å². The van der Waals surface area contributed by atoms with Gasteiger partial charge in [-0.3, -0.25) is 4.79 Å². The Morgan fingerprint density at radius 3 is 2.32 bits per heavy atom. The number of hydrogen-bond donors (Lipinski definition) is 2. The van der Waals surface area contributed by atoms with E-state index >= 15 is 0 Å². The number of carbonyl (C=O) groups excluding carboxylic acids is 2. The molecule has 6 nitrogen and oxygen atoms in total. The maximum atomic E-state index is 12.5. The molecule has 0 fully saturated rings. The molecule has 0 saturated carbocycles. The van der Waals surface area contributed by atoms with Gasteiger partial charge in [0.1, 0.15) is 6.04 Å². The molecule has 0 bridgehead atoms. The van der Waals surface area contributed by atoms with Gasteiger partial charge < -0.3 is 15.2 Å². The molecule has 0 saturated heterocycles. The zero-order valence-corrected chi connectivity index (χ0v) is 13.5. The van der Waals surface area contributed by atoms with Crippen LogP contribution in [0, 0.1) is 17.2 Å². The first-order valence-electron chi connectivity index (χ1n) is 7.23. The predicted molar refractivity (Wildman–Crippen MR) is 79.7 cm³/mol. The first kappa shape index (κ1) is 20.4. The lowest BCUT2D eigenvalue weighted by atomic mass is 10.0. The lowest BCUT2D eigenvalue weighted by Crippen LogP contribution is -2.44. The number of nitrogens with zero attached hydrogens (tertiary/aromatic N) is 1. The fourth-order valence-corrected chi connectivity index (χ4v) is 2.02. The van der Waals surface area contributed by atoms with E-state index in [4.69, 9.17) is 5.26 Å². The van der Waals surface area contributed by atoms with Gasteiger partial charge in [-0.2, -0.15) is 18.4 Å². The molecule has 1 amide bonds. The van der Waals surface area contributed by atoms with Crippen molar-refractivity contribution in [2.45, 2.75) is 31.7 Å². The molecule has 1 aromatic carbocycles. The summed E-state index contributed by atoms with van der Waals surface area (Å²) in [4.78, 5) is 23.7. The van der Waals surface area contributed by atoms with E-state index in [0.717, 1.165) is 31.4 Å². The number of hydrogen-bond acceptors (Lipinski definition) is 5. The molecular formula is C16H17F3N2O4. The summed E-state index contributed by atoms with van der Waals surface area (Å²) in [5, 5.41) is 21.0. The number of esters is 1. The Kier molecular flexibility index (Phi) is 6.94. The van der Waals surface area contributed by atoms with E-state index in [1.165, 1.54) is 6.92 Å². The van der Waals surface area contributed by atoms with Gasteiger partial charge in [0.05, 0.1) is 18.7 Å². The van der Waals surface area contributed by atoms with E-state index in [-0.39, 0.29) is 12.0 Å². The van der Waals surface area contributed by atoms with Crippen molar-refractivity contribution in [1.82, 2.24) is 5.32 Å². The van der Waals surface area contributed by atoms with Crippen LogP contribution in [0.2, 0.25) is 0 Å². The summed E-state index contributed by atoms with van der Waals surface area (Å²) in [7, 11) is 1.10. The number of aliphatic hydroxyl groups is 1. The molecule has 0 aliphatic rings. The molecule has 0 aromatic heterocycles. The summed E-state index contributed by atoms with van der Waals surface area (Å²) in [5.41, 5.74) is -0.985. The van der Waals surface area contributed by atoms with Crippen molar-refractivity contribution in [2.75, 3.05) is 7.11 Å². The number of alkyl halides is 3. The van der Waals surface area contributed by atoms with Gasteiger partial charge in [0.25, 0.3) is 5.91 Å². The van der Waals surface area contributed by atoms with Crippen LogP contribution in [0.3, 0.4) is 0 Å². The Bertz CT molecular complexity index is 653. The Balaban J connectivity index is 2.86. The van der Waals surface area contributed by atoms with Crippen LogP contribution in [0.25, 0.3) is 0 Å². The van der Waals surface area contributed by atoms with Crippen LogP contribution in [-0.4, -0.2) is 30.1 Å². The van der Waals surface area contributed by atoms with Crippen LogP contribution in [0.5, 0.6) is 0 Å². The minimum atomic E-state index is -4.53. The van der Waals surface area contributed by atoms with Gasteiger partial charge in [0.15, 0.2) is 6.10 Å². The fourth-order valence-electron chi connectivity index (χ4n) is 2.02. The first-order valence-corrected chi connectivity index (χ1v) is 7.23. The van der Waals surface area contributed by atoms with Gasteiger partial charge in [-0.05, 0) is 31.0 Å². The molecule has 1 aromatic rings. The van der Waals surface area contributed by atoms with Crippen LogP contribution in [0.4, 0.5) is 13.2 Å². The summed E-state index contributed by atoms with van der Waals surface area (Å²) in [5.74, 6) is -2.34. The van der Waals surface area contributed by atoms with Crippen LogP contribution in [0.1, 0.15) is 30.6 Å². The molecule has 0 unspecified atom stereocenters. The zero-order valence-electron chi connectivity index (χ0n) is 13.5. The zero-order chi connectivity index (χ0) is 19.2. The summed E-state index contributed by atoms with van der Waals surface area (Å²) in [6.45, 7) is 1.54. The Labute approximate surface area is 142 Å². The number of halogens is 3.